The maximum atomic E-state index is 12.5. The Bertz CT molecular complexity index is 1470. The predicted octanol–water partition coefficient (Wildman–Crippen LogP) is 4.26. The first kappa shape index (κ1) is 24.5. The van der Waals surface area contributed by atoms with Crippen LogP contribution in [0.25, 0.3) is 21.9 Å². The second kappa shape index (κ2) is 11.2. The molecule has 0 aliphatic carbocycles. The van der Waals surface area contributed by atoms with Crippen LogP contribution < -0.4 is 10.2 Å². The summed E-state index contributed by atoms with van der Waals surface area (Å²) in [4.78, 5) is 19.0. The van der Waals surface area contributed by atoms with E-state index in [1.807, 2.05) is 36.4 Å². The van der Waals surface area contributed by atoms with Gasteiger partial charge in [0.1, 0.15) is 5.75 Å². The van der Waals surface area contributed by atoms with Gasteiger partial charge in [0.2, 0.25) is 0 Å². The highest BCUT2D eigenvalue weighted by Crippen LogP contribution is 2.38. The SMILES string of the molecule is COc1c(-c2ccc(C#Cc3ccc(CN4CCOCC4)cc3)cc2)cc2ccncc2c1C(=O)NO. The maximum absolute atomic E-state index is 12.5. The average Bonchev–Trinajstić information content (AvgIpc) is 2.96. The van der Waals surface area contributed by atoms with Crippen molar-refractivity contribution < 1.29 is 19.5 Å². The molecule has 186 valence electrons. The number of pyridine rings is 1. The first-order valence-corrected chi connectivity index (χ1v) is 12.1. The maximum Gasteiger partial charge on any atom is 0.279 e. The minimum atomic E-state index is -0.657. The lowest BCUT2D eigenvalue weighted by atomic mass is 9.95. The Morgan fingerprint density at radius 2 is 1.73 bits per heavy atom. The summed E-state index contributed by atoms with van der Waals surface area (Å²) in [5.74, 6) is 6.16. The molecule has 0 atom stereocenters. The third-order valence-electron chi connectivity index (χ3n) is 6.44. The molecule has 0 saturated carbocycles. The number of methoxy groups -OCH3 is 1. The molecule has 0 unspecified atom stereocenters. The number of carbonyl (C=O) groups excluding carboxylic acids is 1. The standard InChI is InChI=1S/C30H27N3O4/c1-36-29-26(18-25-12-13-31-19-27(25)28(29)30(34)32-35)24-10-8-22(9-11-24)3-2-21-4-6-23(7-5-21)20-33-14-16-37-17-15-33/h4-13,18-19,35H,14-17,20H2,1H3,(H,32,34). The van der Waals surface area contributed by atoms with Crippen molar-refractivity contribution >= 4 is 16.7 Å². The zero-order chi connectivity index (χ0) is 25.6. The number of carbonyl (C=O) groups is 1. The number of rotatable bonds is 5. The number of fused-ring (bicyclic) bond motifs is 1. The summed E-state index contributed by atoms with van der Waals surface area (Å²) in [5, 5.41) is 10.7. The molecule has 37 heavy (non-hydrogen) atoms. The number of hydrogen-bond donors (Lipinski definition) is 2. The first-order valence-electron chi connectivity index (χ1n) is 12.1. The third-order valence-corrected chi connectivity index (χ3v) is 6.44. The molecule has 2 heterocycles. The van der Waals surface area contributed by atoms with E-state index in [1.54, 1.807) is 17.9 Å². The van der Waals surface area contributed by atoms with Crippen LogP contribution in [0.3, 0.4) is 0 Å². The van der Waals surface area contributed by atoms with E-state index in [9.17, 15) is 10.0 Å². The van der Waals surface area contributed by atoms with Gasteiger partial charge in [-0.3, -0.25) is 19.9 Å². The Morgan fingerprint density at radius 1 is 1.05 bits per heavy atom. The Balaban J connectivity index is 1.38. The van der Waals surface area contributed by atoms with E-state index in [4.69, 9.17) is 9.47 Å². The molecule has 1 aromatic heterocycles. The van der Waals surface area contributed by atoms with Crippen LogP contribution in [-0.4, -0.2) is 54.4 Å². The van der Waals surface area contributed by atoms with Crippen molar-refractivity contribution in [3.8, 4) is 28.7 Å². The lowest BCUT2D eigenvalue weighted by Gasteiger charge is -2.26. The fourth-order valence-corrected chi connectivity index (χ4v) is 4.51. The molecule has 0 spiro atoms. The van der Waals surface area contributed by atoms with Crippen molar-refractivity contribution in [1.29, 1.82) is 0 Å². The van der Waals surface area contributed by atoms with Crippen LogP contribution >= 0.6 is 0 Å². The van der Waals surface area contributed by atoms with Gasteiger partial charge in [-0.15, -0.1) is 0 Å². The molecule has 1 amide bonds. The van der Waals surface area contributed by atoms with Gasteiger partial charge in [0, 0.05) is 54.1 Å². The van der Waals surface area contributed by atoms with E-state index in [-0.39, 0.29) is 5.56 Å². The van der Waals surface area contributed by atoms with Crippen molar-refractivity contribution in [3.05, 3.63) is 95.3 Å². The Morgan fingerprint density at radius 3 is 2.38 bits per heavy atom. The highest BCUT2D eigenvalue weighted by atomic mass is 16.5. The largest absolute Gasteiger partial charge is 0.495 e. The fraction of sp³-hybridized carbons (Fsp3) is 0.200. The number of hydroxylamine groups is 1. The zero-order valence-electron chi connectivity index (χ0n) is 20.5. The lowest BCUT2D eigenvalue weighted by molar-refractivity contribution is 0.0342. The monoisotopic (exact) mass is 493 g/mol. The molecule has 7 heteroatoms. The quantitative estimate of drug-likeness (QED) is 0.246. The van der Waals surface area contributed by atoms with Crippen LogP contribution in [0.2, 0.25) is 0 Å². The van der Waals surface area contributed by atoms with Gasteiger partial charge in [-0.1, -0.05) is 36.1 Å². The van der Waals surface area contributed by atoms with Crippen molar-refractivity contribution in [2.45, 2.75) is 6.54 Å². The Hall–Kier alpha value is -4.22. The van der Waals surface area contributed by atoms with Crippen LogP contribution in [-0.2, 0) is 11.3 Å². The third kappa shape index (κ3) is 5.47. The smallest absolute Gasteiger partial charge is 0.279 e. The molecule has 1 fully saturated rings. The number of nitrogens with zero attached hydrogens (tertiary/aromatic N) is 2. The van der Waals surface area contributed by atoms with Crippen LogP contribution in [0.5, 0.6) is 5.75 Å². The summed E-state index contributed by atoms with van der Waals surface area (Å²) in [6.45, 7) is 4.46. The molecule has 3 aromatic carbocycles. The Kier molecular flexibility index (Phi) is 7.43. The fourth-order valence-electron chi connectivity index (χ4n) is 4.51. The molecule has 1 saturated heterocycles. The van der Waals surface area contributed by atoms with E-state index >= 15 is 0 Å². The van der Waals surface area contributed by atoms with Crippen molar-refractivity contribution in [1.82, 2.24) is 15.4 Å². The number of amides is 1. The van der Waals surface area contributed by atoms with Crippen LogP contribution in [0.4, 0.5) is 0 Å². The van der Waals surface area contributed by atoms with Gasteiger partial charge in [-0.2, -0.15) is 0 Å². The summed E-state index contributed by atoms with van der Waals surface area (Å²) < 4.78 is 11.0. The molecule has 5 rings (SSSR count). The first-order chi connectivity index (χ1) is 18.2. The lowest BCUT2D eigenvalue weighted by Crippen LogP contribution is -2.35. The zero-order valence-corrected chi connectivity index (χ0v) is 20.5. The van der Waals surface area contributed by atoms with Crippen molar-refractivity contribution in [2.75, 3.05) is 33.4 Å². The van der Waals surface area contributed by atoms with Crippen LogP contribution in [0.15, 0.2) is 73.1 Å². The molecule has 1 aliphatic heterocycles. The van der Waals surface area contributed by atoms with E-state index in [2.05, 4.69) is 46.0 Å². The second-order valence-corrected chi connectivity index (χ2v) is 8.78. The van der Waals surface area contributed by atoms with Gasteiger partial charge in [0.15, 0.2) is 0 Å². The van der Waals surface area contributed by atoms with Gasteiger partial charge in [-0.25, -0.2) is 5.48 Å². The van der Waals surface area contributed by atoms with Crippen molar-refractivity contribution in [3.63, 3.8) is 0 Å². The van der Waals surface area contributed by atoms with Gasteiger partial charge in [-0.05, 0) is 52.9 Å². The number of morpholine rings is 1. The van der Waals surface area contributed by atoms with E-state index < -0.39 is 5.91 Å². The summed E-state index contributed by atoms with van der Waals surface area (Å²) in [6, 6.07) is 19.9. The number of ether oxygens (including phenoxy) is 2. The number of aromatic nitrogens is 1. The minimum Gasteiger partial charge on any atom is -0.495 e. The van der Waals surface area contributed by atoms with Gasteiger partial charge >= 0.3 is 0 Å². The van der Waals surface area contributed by atoms with Crippen LogP contribution in [0.1, 0.15) is 27.0 Å². The van der Waals surface area contributed by atoms with Crippen molar-refractivity contribution in [2.24, 2.45) is 0 Å². The molecule has 7 nitrogen and oxygen atoms in total. The van der Waals surface area contributed by atoms with Gasteiger partial charge in [0.05, 0.1) is 25.9 Å². The average molecular weight is 494 g/mol. The van der Waals surface area contributed by atoms with Gasteiger partial charge < -0.3 is 9.47 Å². The number of nitrogens with one attached hydrogen (secondary N) is 1. The predicted molar refractivity (Wildman–Crippen MR) is 142 cm³/mol. The molecule has 4 aromatic rings. The molecule has 0 radical (unpaired) electrons. The Labute approximate surface area is 215 Å². The molecular formula is C30H27N3O4. The van der Waals surface area contributed by atoms with E-state index in [1.165, 1.54) is 12.7 Å². The van der Waals surface area contributed by atoms with Crippen LogP contribution in [0, 0.1) is 11.8 Å². The van der Waals surface area contributed by atoms with Gasteiger partial charge in [0.25, 0.3) is 5.91 Å². The molecular weight excluding hydrogens is 466 g/mol. The highest BCUT2D eigenvalue weighted by Gasteiger charge is 2.21. The summed E-state index contributed by atoms with van der Waals surface area (Å²) in [7, 11) is 1.50. The minimum absolute atomic E-state index is 0.228. The summed E-state index contributed by atoms with van der Waals surface area (Å²) in [5.41, 5.74) is 6.64. The molecule has 1 aliphatic rings. The highest BCUT2D eigenvalue weighted by molar-refractivity contribution is 6.11. The van der Waals surface area contributed by atoms with E-state index in [0.29, 0.717) is 11.1 Å². The second-order valence-electron chi connectivity index (χ2n) is 8.78. The molecule has 0 bridgehead atoms. The number of benzene rings is 3. The summed E-state index contributed by atoms with van der Waals surface area (Å²) >= 11 is 0. The molecule has 2 N–H and O–H groups in total. The summed E-state index contributed by atoms with van der Waals surface area (Å²) in [6.07, 6.45) is 3.24. The van der Waals surface area contributed by atoms with E-state index in [0.717, 1.165) is 60.5 Å². The normalized spacial score (nSPS) is 13.6. The topological polar surface area (TPSA) is 83.9 Å². The number of hydrogen-bond acceptors (Lipinski definition) is 6.